The molecule has 1 unspecified atom stereocenters. The number of nitrogens with zero attached hydrogens (tertiary/aromatic N) is 1. The quantitative estimate of drug-likeness (QED) is 0.798. The van der Waals surface area contributed by atoms with Crippen LogP contribution >= 0.6 is 12.4 Å². The van der Waals surface area contributed by atoms with Crippen LogP contribution < -0.4 is 10.6 Å². The summed E-state index contributed by atoms with van der Waals surface area (Å²) in [5, 5.41) is 5.73. The number of amides is 1. The molecule has 0 saturated carbocycles. The Balaban J connectivity index is 0.00000264. The average molecular weight is 362 g/mol. The van der Waals surface area contributed by atoms with E-state index in [-0.39, 0.29) is 29.3 Å². The van der Waals surface area contributed by atoms with Crippen LogP contribution in [0, 0.1) is 0 Å². The van der Waals surface area contributed by atoms with Crippen molar-refractivity contribution in [2.45, 2.75) is 30.7 Å². The summed E-state index contributed by atoms with van der Waals surface area (Å²) in [6.45, 7) is 4.01. The average Bonchev–Trinajstić information content (AvgIpc) is 3.05. The van der Waals surface area contributed by atoms with E-state index in [2.05, 4.69) is 10.6 Å². The maximum Gasteiger partial charge on any atom is 0.251 e. The van der Waals surface area contributed by atoms with E-state index in [0.717, 1.165) is 19.4 Å². The van der Waals surface area contributed by atoms with E-state index in [1.54, 1.807) is 23.5 Å². The Morgan fingerprint density at radius 2 is 2.00 bits per heavy atom. The minimum absolute atomic E-state index is 0. The molecule has 1 saturated heterocycles. The molecule has 0 bridgehead atoms. The summed E-state index contributed by atoms with van der Waals surface area (Å²) >= 11 is 0. The molecule has 6 nitrogen and oxygen atoms in total. The van der Waals surface area contributed by atoms with Gasteiger partial charge in [0.1, 0.15) is 0 Å². The van der Waals surface area contributed by atoms with Gasteiger partial charge in [-0.25, -0.2) is 8.42 Å². The van der Waals surface area contributed by atoms with E-state index >= 15 is 0 Å². The van der Waals surface area contributed by atoms with Crippen molar-refractivity contribution in [3.63, 3.8) is 0 Å². The Labute approximate surface area is 144 Å². The summed E-state index contributed by atoms with van der Waals surface area (Å²) in [5.74, 6) is -0.227. The van der Waals surface area contributed by atoms with E-state index in [4.69, 9.17) is 0 Å². The minimum atomic E-state index is -3.53. The Kier molecular flexibility index (Phi) is 7.47. The normalized spacial score (nSPS) is 17.8. The first-order valence-electron chi connectivity index (χ1n) is 7.55. The largest absolute Gasteiger partial charge is 0.355 e. The summed E-state index contributed by atoms with van der Waals surface area (Å²) in [5.41, 5.74) is 0.450. The molecule has 1 aliphatic heterocycles. The maximum absolute atomic E-state index is 12.9. The summed E-state index contributed by atoms with van der Waals surface area (Å²) in [6.07, 6.45) is 1.60. The molecular formula is C15H24ClN3O3S. The molecule has 1 aliphatic rings. The molecule has 2 rings (SSSR count). The Morgan fingerprint density at radius 1 is 1.35 bits per heavy atom. The molecular weight excluding hydrogens is 338 g/mol. The third-order valence-corrected chi connectivity index (χ3v) is 5.80. The molecule has 0 radical (unpaired) electrons. The highest BCUT2D eigenvalue weighted by atomic mass is 35.5. The monoisotopic (exact) mass is 361 g/mol. The highest BCUT2D eigenvalue weighted by Gasteiger charge is 2.32. The molecule has 1 heterocycles. The molecule has 0 aliphatic carbocycles. The zero-order valence-electron chi connectivity index (χ0n) is 13.4. The van der Waals surface area contributed by atoms with Crippen molar-refractivity contribution >= 4 is 28.3 Å². The zero-order chi connectivity index (χ0) is 16.2. The van der Waals surface area contributed by atoms with Gasteiger partial charge in [-0.3, -0.25) is 4.79 Å². The van der Waals surface area contributed by atoms with Crippen LogP contribution in [-0.4, -0.2) is 51.4 Å². The summed E-state index contributed by atoms with van der Waals surface area (Å²) < 4.78 is 27.3. The predicted molar refractivity (Wildman–Crippen MR) is 92.5 cm³/mol. The Morgan fingerprint density at radius 3 is 2.48 bits per heavy atom. The molecule has 8 heteroatoms. The number of rotatable bonds is 6. The fourth-order valence-corrected chi connectivity index (χ4v) is 4.41. The molecule has 1 aromatic carbocycles. The van der Waals surface area contributed by atoms with Crippen molar-refractivity contribution < 1.29 is 13.2 Å². The molecule has 1 aromatic rings. The Bertz CT molecular complexity index is 613. The van der Waals surface area contributed by atoms with Gasteiger partial charge in [0.2, 0.25) is 10.0 Å². The van der Waals surface area contributed by atoms with Gasteiger partial charge in [0, 0.05) is 31.7 Å². The fraction of sp³-hybridized carbons (Fsp3) is 0.533. The van der Waals surface area contributed by atoms with Gasteiger partial charge in [0.05, 0.1) is 4.90 Å². The molecule has 130 valence electrons. The third-order valence-electron chi connectivity index (χ3n) is 3.84. The van der Waals surface area contributed by atoms with Crippen LogP contribution in [0.2, 0.25) is 0 Å². The first-order chi connectivity index (χ1) is 10.5. The van der Waals surface area contributed by atoms with Crippen LogP contribution in [0.3, 0.4) is 0 Å². The second-order valence-corrected chi connectivity index (χ2v) is 7.26. The van der Waals surface area contributed by atoms with Crippen molar-refractivity contribution in [3.8, 4) is 0 Å². The van der Waals surface area contributed by atoms with Gasteiger partial charge in [0.15, 0.2) is 0 Å². The lowest BCUT2D eigenvalue weighted by Crippen LogP contribution is -2.42. The summed E-state index contributed by atoms with van der Waals surface area (Å²) in [6, 6.07) is 6.10. The van der Waals surface area contributed by atoms with Crippen LogP contribution in [0.15, 0.2) is 29.2 Å². The number of benzene rings is 1. The fourth-order valence-electron chi connectivity index (χ4n) is 2.66. The zero-order valence-corrected chi connectivity index (χ0v) is 15.0. The standard InChI is InChI=1S/C15H23N3O3S.ClH/c1-3-10-18(13-8-9-17-11-13)22(20,21)14-6-4-12(5-7-14)15(19)16-2;/h4-7,13,17H,3,8-11H2,1-2H3,(H,16,19);1H. The maximum atomic E-state index is 12.9. The van der Waals surface area contributed by atoms with Gasteiger partial charge in [-0.05, 0) is 43.7 Å². The van der Waals surface area contributed by atoms with Gasteiger partial charge >= 0.3 is 0 Å². The van der Waals surface area contributed by atoms with E-state index in [0.29, 0.717) is 18.7 Å². The van der Waals surface area contributed by atoms with Gasteiger partial charge < -0.3 is 10.6 Å². The van der Waals surface area contributed by atoms with Gasteiger partial charge in [0.25, 0.3) is 5.91 Å². The van der Waals surface area contributed by atoms with Crippen molar-refractivity contribution in [1.29, 1.82) is 0 Å². The number of carbonyl (C=O) groups is 1. The number of hydrogen-bond acceptors (Lipinski definition) is 4. The number of sulfonamides is 1. The predicted octanol–water partition coefficient (Wildman–Crippen LogP) is 1.23. The van der Waals surface area contributed by atoms with Crippen molar-refractivity contribution in [2.75, 3.05) is 26.7 Å². The molecule has 2 N–H and O–H groups in total. The highest BCUT2D eigenvalue weighted by molar-refractivity contribution is 7.89. The smallest absolute Gasteiger partial charge is 0.251 e. The molecule has 1 atom stereocenters. The van der Waals surface area contributed by atoms with Crippen molar-refractivity contribution in [1.82, 2.24) is 14.9 Å². The summed E-state index contributed by atoms with van der Waals surface area (Å²) in [7, 11) is -1.99. The van der Waals surface area contributed by atoms with E-state index in [1.807, 2.05) is 6.92 Å². The van der Waals surface area contributed by atoms with Gasteiger partial charge in [-0.2, -0.15) is 4.31 Å². The van der Waals surface area contributed by atoms with Crippen LogP contribution in [0.5, 0.6) is 0 Å². The molecule has 23 heavy (non-hydrogen) atoms. The number of hydrogen-bond donors (Lipinski definition) is 2. The van der Waals surface area contributed by atoms with Crippen LogP contribution in [0.4, 0.5) is 0 Å². The SMILES string of the molecule is CCCN(C1CCNC1)S(=O)(=O)c1ccc(C(=O)NC)cc1.Cl. The van der Waals surface area contributed by atoms with Gasteiger partial charge in [-0.1, -0.05) is 6.92 Å². The number of nitrogens with one attached hydrogen (secondary N) is 2. The molecule has 0 aromatic heterocycles. The topological polar surface area (TPSA) is 78.5 Å². The Hall–Kier alpha value is -1.15. The molecule has 0 spiro atoms. The van der Waals surface area contributed by atoms with Gasteiger partial charge in [-0.15, -0.1) is 12.4 Å². The van der Waals surface area contributed by atoms with E-state index < -0.39 is 10.0 Å². The van der Waals surface area contributed by atoms with Crippen LogP contribution in [-0.2, 0) is 10.0 Å². The third kappa shape index (κ3) is 4.44. The molecule has 1 amide bonds. The first-order valence-corrected chi connectivity index (χ1v) is 8.99. The number of halogens is 1. The number of carbonyl (C=O) groups excluding carboxylic acids is 1. The first kappa shape index (κ1) is 19.9. The second-order valence-electron chi connectivity index (χ2n) is 5.37. The van der Waals surface area contributed by atoms with Crippen molar-refractivity contribution in [2.24, 2.45) is 0 Å². The molecule has 1 fully saturated rings. The summed E-state index contributed by atoms with van der Waals surface area (Å²) in [4.78, 5) is 11.8. The van der Waals surface area contributed by atoms with E-state index in [1.165, 1.54) is 12.1 Å². The van der Waals surface area contributed by atoms with Crippen LogP contribution in [0.1, 0.15) is 30.1 Å². The lowest BCUT2D eigenvalue weighted by Gasteiger charge is -2.27. The minimum Gasteiger partial charge on any atom is -0.355 e. The lowest BCUT2D eigenvalue weighted by atomic mass is 10.2. The second kappa shape index (κ2) is 8.63. The lowest BCUT2D eigenvalue weighted by molar-refractivity contribution is 0.0963. The van der Waals surface area contributed by atoms with Crippen molar-refractivity contribution in [3.05, 3.63) is 29.8 Å². The van der Waals surface area contributed by atoms with Crippen LogP contribution in [0.25, 0.3) is 0 Å². The van der Waals surface area contributed by atoms with E-state index in [9.17, 15) is 13.2 Å². The highest BCUT2D eigenvalue weighted by Crippen LogP contribution is 2.22.